The van der Waals surface area contributed by atoms with Gasteiger partial charge in [-0.05, 0) is 40.5 Å². The quantitative estimate of drug-likeness (QED) is 0.370. The zero-order valence-electron chi connectivity index (χ0n) is 18.5. The normalized spacial score (nSPS) is 12.9. The minimum atomic E-state index is -1.16. The molecule has 180 valence electrons. The second-order valence-electron chi connectivity index (χ2n) is 8.11. The molecule has 3 aromatic rings. The van der Waals surface area contributed by atoms with Gasteiger partial charge in [-0.25, -0.2) is 9.59 Å². The second kappa shape index (κ2) is 10.6. The molecular formula is C26H23ClN2O6. The van der Waals surface area contributed by atoms with Crippen LogP contribution < -0.4 is 10.6 Å². The highest BCUT2D eigenvalue weighted by molar-refractivity contribution is 6.34. The van der Waals surface area contributed by atoms with Gasteiger partial charge in [0.1, 0.15) is 6.61 Å². The molecule has 8 nitrogen and oxygen atoms in total. The lowest BCUT2D eigenvalue weighted by atomic mass is 9.98. The van der Waals surface area contributed by atoms with Crippen molar-refractivity contribution in [2.24, 2.45) is 0 Å². The van der Waals surface area contributed by atoms with Gasteiger partial charge in [-0.2, -0.15) is 0 Å². The number of aliphatic hydroxyl groups is 1. The van der Waals surface area contributed by atoms with Crippen LogP contribution in [0.15, 0.2) is 66.7 Å². The van der Waals surface area contributed by atoms with Crippen molar-refractivity contribution >= 4 is 35.3 Å². The van der Waals surface area contributed by atoms with Crippen molar-refractivity contribution in [2.45, 2.75) is 18.4 Å². The van der Waals surface area contributed by atoms with E-state index in [1.54, 1.807) is 0 Å². The number of carbonyl (C=O) groups excluding carboxylic acids is 2. The lowest BCUT2D eigenvalue weighted by Gasteiger charge is -2.16. The summed E-state index contributed by atoms with van der Waals surface area (Å²) in [6.07, 6.45) is -2.16. The van der Waals surface area contributed by atoms with Gasteiger partial charge >= 0.3 is 12.1 Å². The van der Waals surface area contributed by atoms with Crippen LogP contribution in [-0.4, -0.2) is 47.4 Å². The molecule has 1 aliphatic carbocycles. The highest BCUT2D eigenvalue weighted by Crippen LogP contribution is 2.44. The molecule has 0 radical (unpaired) electrons. The van der Waals surface area contributed by atoms with Crippen LogP contribution in [0.2, 0.25) is 5.02 Å². The average Bonchev–Trinajstić information content (AvgIpc) is 3.16. The number of carboxylic acid groups (broad SMARTS) is 1. The number of nitrogens with one attached hydrogen (secondary N) is 2. The molecule has 0 heterocycles. The van der Waals surface area contributed by atoms with E-state index in [1.165, 1.54) is 18.2 Å². The molecule has 0 saturated carbocycles. The summed E-state index contributed by atoms with van der Waals surface area (Å²) in [6, 6.07) is 19.9. The number of halogens is 1. The Labute approximate surface area is 206 Å². The molecule has 1 unspecified atom stereocenters. The molecule has 0 aromatic heterocycles. The number of anilines is 1. The van der Waals surface area contributed by atoms with E-state index >= 15 is 0 Å². The highest BCUT2D eigenvalue weighted by Gasteiger charge is 2.29. The fraction of sp³-hybridized carbons (Fsp3) is 0.192. The van der Waals surface area contributed by atoms with E-state index in [2.05, 4.69) is 10.6 Å². The largest absolute Gasteiger partial charge is 0.478 e. The third-order valence-corrected chi connectivity index (χ3v) is 6.05. The first kappa shape index (κ1) is 24.3. The van der Waals surface area contributed by atoms with Crippen molar-refractivity contribution in [3.8, 4) is 11.1 Å². The maximum Gasteiger partial charge on any atom is 0.407 e. The minimum Gasteiger partial charge on any atom is -0.478 e. The van der Waals surface area contributed by atoms with Crippen molar-refractivity contribution in [2.75, 3.05) is 18.5 Å². The monoisotopic (exact) mass is 494 g/mol. The fourth-order valence-electron chi connectivity index (χ4n) is 4.09. The summed E-state index contributed by atoms with van der Waals surface area (Å²) in [5.74, 6) is -1.77. The second-order valence-corrected chi connectivity index (χ2v) is 8.52. The van der Waals surface area contributed by atoms with E-state index in [1.807, 2.05) is 48.5 Å². The molecule has 1 atom stereocenters. The van der Waals surface area contributed by atoms with Crippen molar-refractivity contribution in [3.05, 3.63) is 88.4 Å². The molecular weight excluding hydrogens is 472 g/mol. The maximum absolute atomic E-state index is 12.2. The average molecular weight is 495 g/mol. The van der Waals surface area contributed by atoms with Gasteiger partial charge in [-0.1, -0.05) is 60.1 Å². The molecule has 0 aliphatic heterocycles. The van der Waals surface area contributed by atoms with Crippen LogP contribution in [0.3, 0.4) is 0 Å². The number of fused-ring (bicyclic) bond motifs is 3. The lowest BCUT2D eigenvalue weighted by Crippen LogP contribution is -2.35. The summed E-state index contributed by atoms with van der Waals surface area (Å²) in [5, 5.41) is 24.1. The Bertz CT molecular complexity index is 1230. The Kier molecular flexibility index (Phi) is 7.33. The number of rotatable bonds is 8. The summed E-state index contributed by atoms with van der Waals surface area (Å²) in [7, 11) is 0. The van der Waals surface area contributed by atoms with E-state index in [0.29, 0.717) is 0 Å². The van der Waals surface area contributed by atoms with Gasteiger partial charge in [0.15, 0.2) is 0 Å². The molecule has 4 rings (SSSR count). The smallest absolute Gasteiger partial charge is 0.407 e. The summed E-state index contributed by atoms with van der Waals surface area (Å²) in [4.78, 5) is 35.4. The van der Waals surface area contributed by atoms with Gasteiger partial charge in [-0.3, -0.25) is 4.79 Å². The Morgan fingerprint density at radius 2 is 1.60 bits per heavy atom. The number of carboxylic acids is 1. The Morgan fingerprint density at radius 1 is 0.971 bits per heavy atom. The number of carbonyl (C=O) groups is 3. The van der Waals surface area contributed by atoms with Gasteiger partial charge in [0.2, 0.25) is 5.91 Å². The maximum atomic E-state index is 12.2. The number of amides is 2. The Hall–Kier alpha value is -3.88. The van der Waals surface area contributed by atoms with Crippen LogP contribution in [0.1, 0.15) is 33.8 Å². The summed E-state index contributed by atoms with van der Waals surface area (Å²) >= 11 is 5.99. The van der Waals surface area contributed by atoms with Gasteiger partial charge in [0, 0.05) is 12.5 Å². The number of hydrogen-bond acceptors (Lipinski definition) is 5. The molecule has 4 N–H and O–H groups in total. The van der Waals surface area contributed by atoms with E-state index < -0.39 is 24.1 Å². The summed E-state index contributed by atoms with van der Waals surface area (Å²) in [5.41, 5.74) is 4.63. The zero-order chi connectivity index (χ0) is 24.9. The van der Waals surface area contributed by atoms with Crippen LogP contribution in [0.25, 0.3) is 11.1 Å². The fourth-order valence-corrected chi connectivity index (χ4v) is 4.32. The molecule has 0 fully saturated rings. The van der Waals surface area contributed by atoms with Gasteiger partial charge in [0.05, 0.1) is 28.8 Å². The summed E-state index contributed by atoms with van der Waals surface area (Å²) < 4.78 is 5.41. The minimum absolute atomic E-state index is 0.0136. The number of aromatic carboxylic acids is 1. The number of ether oxygens (including phenoxy) is 1. The first-order valence-corrected chi connectivity index (χ1v) is 11.3. The number of aliphatic hydroxyl groups excluding tert-OH is 1. The van der Waals surface area contributed by atoms with Crippen molar-refractivity contribution < 1.29 is 29.3 Å². The molecule has 0 spiro atoms. The molecule has 0 saturated heterocycles. The first-order valence-electron chi connectivity index (χ1n) is 10.9. The topological polar surface area (TPSA) is 125 Å². The summed E-state index contributed by atoms with van der Waals surface area (Å²) in [6.45, 7) is -0.0446. The zero-order valence-corrected chi connectivity index (χ0v) is 19.3. The van der Waals surface area contributed by atoms with E-state index in [-0.39, 0.29) is 41.8 Å². The van der Waals surface area contributed by atoms with E-state index in [4.69, 9.17) is 21.4 Å². The predicted octanol–water partition coefficient (Wildman–Crippen LogP) is 4.27. The SMILES string of the molecule is O=C(CC(O)CNC(=O)OCC1c2ccccc2-c2ccccc21)Nc1ccc(C(=O)O)cc1Cl. The van der Waals surface area contributed by atoms with Crippen LogP contribution >= 0.6 is 11.6 Å². The van der Waals surface area contributed by atoms with Crippen LogP contribution in [0.4, 0.5) is 10.5 Å². The van der Waals surface area contributed by atoms with E-state index in [9.17, 15) is 19.5 Å². The molecule has 9 heteroatoms. The third-order valence-electron chi connectivity index (χ3n) is 5.74. The van der Waals surface area contributed by atoms with Crippen LogP contribution in [0.5, 0.6) is 0 Å². The van der Waals surface area contributed by atoms with Crippen molar-refractivity contribution in [1.29, 1.82) is 0 Å². The lowest BCUT2D eigenvalue weighted by molar-refractivity contribution is -0.118. The predicted molar refractivity (Wildman–Crippen MR) is 131 cm³/mol. The third kappa shape index (κ3) is 5.62. The Balaban J connectivity index is 1.25. The molecule has 35 heavy (non-hydrogen) atoms. The first-order chi connectivity index (χ1) is 16.8. The Morgan fingerprint density at radius 3 is 2.20 bits per heavy atom. The van der Waals surface area contributed by atoms with E-state index in [0.717, 1.165) is 22.3 Å². The van der Waals surface area contributed by atoms with Crippen LogP contribution in [-0.2, 0) is 9.53 Å². The van der Waals surface area contributed by atoms with Gasteiger partial charge in [-0.15, -0.1) is 0 Å². The van der Waals surface area contributed by atoms with Gasteiger partial charge < -0.3 is 25.6 Å². The standard InChI is InChI=1S/C26H23ClN2O6/c27-22-11-15(25(32)33)9-10-23(22)29-24(31)12-16(30)13-28-26(34)35-14-21-19-7-3-1-5-17(19)18-6-2-4-8-20(18)21/h1-11,16,21,30H,12-14H2,(H,28,34)(H,29,31)(H,32,33). The number of alkyl carbamates (subject to hydrolysis) is 1. The van der Waals surface area contributed by atoms with Crippen molar-refractivity contribution in [3.63, 3.8) is 0 Å². The molecule has 1 aliphatic rings. The highest BCUT2D eigenvalue weighted by atomic mass is 35.5. The van der Waals surface area contributed by atoms with Crippen molar-refractivity contribution in [1.82, 2.24) is 5.32 Å². The molecule has 0 bridgehead atoms. The number of benzene rings is 3. The number of hydrogen-bond donors (Lipinski definition) is 4. The van der Waals surface area contributed by atoms with Crippen LogP contribution in [0, 0.1) is 0 Å². The molecule has 3 aromatic carbocycles. The van der Waals surface area contributed by atoms with Gasteiger partial charge in [0.25, 0.3) is 0 Å². The molecule has 2 amide bonds.